The van der Waals surface area contributed by atoms with Gasteiger partial charge in [0.25, 0.3) is 5.91 Å². The number of benzene rings is 2. The minimum Gasteiger partial charge on any atom is -0.366 e. The molecule has 3 N–H and O–H groups in total. The van der Waals surface area contributed by atoms with E-state index in [9.17, 15) is 9.59 Å². The summed E-state index contributed by atoms with van der Waals surface area (Å²) in [6, 6.07) is 10.5. The van der Waals surface area contributed by atoms with Crippen molar-refractivity contribution in [3.8, 4) is 0 Å². The van der Waals surface area contributed by atoms with E-state index < -0.39 is 5.91 Å². The van der Waals surface area contributed by atoms with Gasteiger partial charge < -0.3 is 11.1 Å². The van der Waals surface area contributed by atoms with Crippen molar-refractivity contribution in [1.29, 1.82) is 0 Å². The summed E-state index contributed by atoms with van der Waals surface area (Å²) >= 11 is 5.52. The number of carbonyl (C=O) groups excluding carboxylic acids is 2. The van der Waals surface area contributed by atoms with E-state index in [2.05, 4.69) is 43.8 Å². The van der Waals surface area contributed by atoms with Gasteiger partial charge in [0.2, 0.25) is 5.91 Å². The van der Waals surface area contributed by atoms with Crippen LogP contribution in [-0.2, 0) is 0 Å². The highest BCUT2D eigenvalue weighted by molar-refractivity contribution is 14.1. The number of hydrogen-bond acceptors (Lipinski definition) is 2. The number of nitrogens with one attached hydrogen (secondary N) is 1. The minimum absolute atomic E-state index is 0.213. The maximum Gasteiger partial charge on any atom is 0.256 e. The Kier molecular flexibility index (Phi) is 5.00. The molecule has 2 aromatic rings. The molecule has 0 unspecified atom stereocenters. The van der Waals surface area contributed by atoms with Crippen LogP contribution in [0.25, 0.3) is 0 Å². The zero-order chi connectivity index (χ0) is 15.6. The summed E-state index contributed by atoms with van der Waals surface area (Å²) in [5.41, 5.74) is 7.63. The SMILES string of the molecule is Cc1cc(C(N)=O)ccc1NC(=O)c1cc(I)ccc1Br. The van der Waals surface area contributed by atoms with Crippen LogP contribution in [-0.4, -0.2) is 11.8 Å². The molecule has 2 aromatic carbocycles. The van der Waals surface area contributed by atoms with E-state index >= 15 is 0 Å². The smallest absolute Gasteiger partial charge is 0.256 e. The summed E-state index contributed by atoms with van der Waals surface area (Å²) in [4.78, 5) is 23.4. The highest BCUT2D eigenvalue weighted by Gasteiger charge is 2.12. The van der Waals surface area contributed by atoms with Gasteiger partial charge in [-0.05, 0) is 87.4 Å². The predicted octanol–water partition coefficient (Wildman–Crippen LogP) is 3.71. The third-order valence-electron chi connectivity index (χ3n) is 2.93. The summed E-state index contributed by atoms with van der Waals surface area (Å²) in [5.74, 6) is -0.702. The first-order valence-electron chi connectivity index (χ1n) is 6.05. The predicted molar refractivity (Wildman–Crippen MR) is 94.5 cm³/mol. The molecule has 21 heavy (non-hydrogen) atoms. The Hall–Kier alpha value is -1.41. The molecule has 0 fully saturated rings. The molecule has 0 radical (unpaired) electrons. The van der Waals surface area contributed by atoms with Crippen molar-refractivity contribution in [2.24, 2.45) is 5.73 Å². The molecule has 0 aliphatic heterocycles. The molecule has 0 saturated carbocycles. The first-order valence-corrected chi connectivity index (χ1v) is 7.92. The van der Waals surface area contributed by atoms with E-state index in [1.807, 2.05) is 19.1 Å². The van der Waals surface area contributed by atoms with Crippen molar-refractivity contribution in [2.75, 3.05) is 5.32 Å². The zero-order valence-electron chi connectivity index (χ0n) is 11.1. The van der Waals surface area contributed by atoms with Gasteiger partial charge in [-0.1, -0.05) is 0 Å². The van der Waals surface area contributed by atoms with Gasteiger partial charge in [-0.2, -0.15) is 0 Å². The van der Waals surface area contributed by atoms with Crippen molar-refractivity contribution in [3.05, 3.63) is 61.1 Å². The summed E-state index contributed by atoms with van der Waals surface area (Å²) in [7, 11) is 0. The molecule has 0 aliphatic carbocycles. The van der Waals surface area contributed by atoms with E-state index in [-0.39, 0.29) is 5.91 Å². The van der Waals surface area contributed by atoms with E-state index in [0.29, 0.717) is 16.8 Å². The summed E-state index contributed by atoms with van der Waals surface area (Å²) in [6.45, 7) is 1.81. The summed E-state index contributed by atoms with van der Waals surface area (Å²) < 4.78 is 1.70. The fourth-order valence-electron chi connectivity index (χ4n) is 1.82. The van der Waals surface area contributed by atoms with Crippen molar-refractivity contribution in [3.63, 3.8) is 0 Å². The highest BCUT2D eigenvalue weighted by atomic mass is 127. The second-order valence-electron chi connectivity index (χ2n) is 4.47. The second kappa shape index (κ2) is 6.57. The maximum atomic E-state index is 12.3. The van der Waals surface area contributed by atoms with E-state index in [0.717, 1.165) is 13.6 Å². The van der Waals surface area contributed by atoms with E-state index in [4.69, 9.17) is 5.73 Å². The van der Waals surface area contributed by atoms with Crippen LogP contribution in [0.4, 0.5) is 5.69 Å². The minimum atomic E-state index is -0.490. The van der Waals surface area contributed by atoms with Gasteiger partial charge in [0.1, 0.15) is 0 Å². The van der Waals surface area contributed by atoms with Crippen LogP contribution >= 0.6 is 38.5 Å². The lowest BCUT2D eigenvalue weighted by Gasteiger charge is -2.10. The number of aryl methyl sites for hydroxylation is 1. The molecule has 0 heterocycles. The van der Waals surface area contributed by atoms with Gasteiger partial charge in [0, 0.05) is 19.3 Å². The first-order chi connectivity index (χ1) is 9.88. The number of primary amides is 1. The molecule has 0 spiro atoms. The average Bonchev–Trinajstić information content (AvgIpc) is 2.43. The first kappa shape index (κ1) is 16.0. The fourth-order valence-corrected chi connectivity index (χ4v) is 2.74. The monoisotopic (exact) mass is 458 g/mol. The summed E-state index contributed by atoms with van der Waals surface area (Å²) in [5, 5.41) is 2.84. The van der Waals surface area contributed by atoms with Crippen molar-refractivity contribution in [2.45, 2.75) is 6.92 Å². The van der Waals surface area contributed by atoms with Crippen LogP contribution in [0.2, 0.25) is 0 Å². The highest BCUT2D eigenvalue weighted by Crippen LogP contribution is 2.22. The normalized spacial score (nSPS) is 10.2. The average molecular weight is 459 g/mol. The Balaban J connectivity index is 2.27. The third-order valence-corrected chi connectivity index (χ3v) is 4.29. The van der Waals surface area contributed by atoms with Crippen LogP contribution in [0.5, 0.6) is 0 Å². The van der Waals surface area contributed by atoms with Gasteiger partial charge in [-0.15, -0.1) is 0 Å². The number of anilines is 1. The molecule has 2 amide bonds. The maximum absolute atomic E-state index is 12.3. The van der Waals surface area contributed by atoms with Crippen molar-refractivity contribution < 1.29 is 9.59 Å². The Bertz CT molecular complexity index is 732. The molecular formula is C15H12BrIN2O2. The van der Waals surface area contributed by atoms with E-state index in [1.54, 1.807) is 24.3 Å². The Morgan fingerprint density at radius 2 is 1.90 bits per heavy atom. The Morgan fingerprint density at radius 1 is 1.19 bits per heavy atom. The molecule has 0 aromatic heterocycles. The molecule has 4 nitrogen and oxygen atoms in total. The lowest BCUT2D eigenvalue weighted by atomic mass is 10.1. The van der Waals surface area contributed by atoms with Crippen LogP contribution in [0.15, 0.2) is 40.9 Å². The lowest BCUT2D eigenvalue weighted by Crippen LogP contribution is -2.15. The Morgan fingerprint density at radius 3 is 2.52 bits per heavy atom. The topological polar surface area (TPSA) is 72.2 Å². The van der Waals surface area contributed by atoms with Crippen molar-refractivity contribution >= 4 is 56.0 Å². The molecule has 0 aliphatic rings. The van der Waals surface area contributed by atoms with Crippen molar-refractivity contribution in [1.82, 2.24) is 0 Å². The number of carbonyl (C=O) groups is 2. The number of halogens is 2. The molecular weight excluding hydrogens is 447 g/mol. The lowest BCUT2D eigenvalue weighted by molar-refractivity contribution is 0.0998. The number of rotatable bonds is 3. The molecule has 0 atom stereocenters. The zero-order valence-corrected chi connectivity index (χ0v) is 14.9. The molecule has 0 bridgehead atoms. The van der Waals surface area contributed by atoms with Gasteiger partial charge >= 0.3 is 0 Å². The van der Waals surface area contributed by atoms with Gasteiger partial charge in [-0.25, -0.2) is 0 Å². The number of nitrogens with two attached hydrogens (primary N) is 1. The second-order valence-corrected chi connectivity index (χ2v) is 6.57. The van der Waals surface area contributed by atoms with Gasteiger partial charge in [-0.3, -0.25) is 9.59 Å². The fraction of sp³-hybridized carbons (Fsp3) is 0.0667. The molecule has 2 rings (SSSR count). The van der Waals surface area contributed by atoms with Crippen LogP contribution in [0.3, 0.4) is 0 Å². The molecule has 108 valence electrons. The number of hydrogen-bond donors (Lipinski definition) is 2. The van der Waals surface area contributed by atoms with Crippen LogP contribution < -0.4 is 11.1 Å². The third kappa shape index (κ3) is 3.82. The van der Waals surface area contributed by atoms with Gasteiger partial charge in [0.05, 0.1) is 5.56 Å². The molecule has 0 saturated heterocycles. The quantitative estimate of drug-likeness (QED) is 0.688. The van der Waals surface area contributed by atoms with Crippen LogP contribution in [0.1, 0.15) is 26.3 Å². The largest absolute Gasteiger partial charge is 0.366 e. The number of amides is 2. The molecule has 6 heteroatoms. The standard InChI is InChI=1S/C15H12BrIN2O2/c1-8-6-9(14(18)20)2-5-13(8)19-15(21)11-7-10(17)3-4-12(11)16/h2-7H,1H3,(H2,18,20)(H,19,21). The van der Waals surface area contributed by atoms with E-state index in [1.165, 1.54) is 0 Å². The summed E-state index contributed by atoms with van der Waals surface area (Å²) in [6.07, 6.45) is 0. The van der Waals surface area contributed by atoms with Gasteiger partial charge in [0.15, 0.2) is 0 Å². The Labute approximate surface area is 144 Å². The van der Waals surface area contributed by atoms with Crippen LogP contribution in [0, 0.1) is 10.5 Å².